The van der Waals surface area contributed by atoms with Crippen molar-refractivity contribution >= 4 is 0 Å². The number of nitrogens with one attached hydrogen (secondary N) is 1. The van der Waals surface area contributed by atoms with Gasteiger partial charge in [-0.1, -0.05) is 27.2 Å². The monoisotopic (exact) mass is 278 g/mol. The van der Waals surface area contributed by atoms with Gasteiger partial charge in [-0.15, -0.1) is 0 Å². The molecule has 0 radical (unpaired) electrons. The first-order valence-corrected chi connectivity index (χ1v) is 8.74. The fourth-order valence-electron chi connectivity index (χ4n) is 4.80. The lowest BCUT2D eigenvalue weighted by Crippen LogP contribution is -2.65. The van der Waals surface area contributed by atoms with Crippen LogP contribution in [0, 0.1) is 23.2 Å². The van der Waals surface area contributed by atoms with E-state index in [4.69, 9.17) is 0 Å². The smallest absolute Gasteiger partial charge is 0.0278 e. The maximum atomic E-state index is 3.80. The topological polar surface area (TPSA) is 15.3 Å². The molecule has 0 aromatic heterocycles. The molecule has 3 fully saturated rings. The second-order valence-electron chi connectivity index (χ2n) is 9.45. The molecule has 0 amide bonds. The average molecular weight is 278 g/mol. The summed E-state index contributed by atoms with van der Waals surface area (Å²) < 4.78 is 0. The maximum Gasteiger partial charge on any atom is 0.0278 e. The van der Waals surface area contributed by atoms with Crippen LogP contribution < -0.4 is 5.32 Å². The number of rotatable bonds is 2. The molecular formula is C18H34N2. The van der Waals surface area contributed by atoms with Crippen molar-refractivity contribution in [2.45, 2.75) is 71.9 Å². The lowest BCUT2D eigenvalue weighted by Gasteiger charge is -2.50. The molecule has 4 atom stereocenters. The molecule has 0 aromatic rings. The van der Waals surface area contributed by atoms with Gasteiger partial charge in [0.05, 0.1) is 0 Å². The summed E-state index contributed by atoms with van der Waals surface area (Å²) in [5.41, 5.74) is 0.688. The molecule has 4 unspecified atom stereocenters. The van der Waals surface area contributed by atoms with E-state index in [1.54, 1.807) is 6.42 Å². The Kier molecular flexibility index (Phi) is 3.70. The molecule has 0 spiro atoms. The third-order valence-corrected chi connectivity index (χ3v) is 6.42. The van der Waals surface area contributed by atoms with Crippen molar-refractivity contribution in [3.63, 3.8) is 0 Å². The molecule has 20 heavy (non-hydrogen) atoms. The zero-order chi connectivity index (χ0) is 14.5. The Morgan fingerprint density at radius 2 is 1.90 bits per heavy atom. The van der Waals surface area contributed by atoms with Crippen LogP contribution in [0.15, 0.2) is 0 Å². The van der Waals surface area contributed by atoms with Gasteiger partial charge in [-0.25, -0.2) is 0 Å². The minimum Gasteiger partial charge on any atom is -0.310 e. The maximum absolute atomic E-state index is 3.80. The molecule has 2 nitrogen and oxygen atoms in total. The van der Waals surface area contributed by atoms with Gasteiger partial charge in [-0.05, 0) is 56.3 Å². The van der Waals surface area contributed by atoms with Gasteiger partial charge in [0.25, 0.3) is 0 Å². The Bertz CT molecular complexity index is 355. The number of nitrogens with zero attached hydrogens (tertiary/aromatic N) is 1. The SMILES string of the molecule is CC(C)(C)C1CN(CC2CC3CCC2C3)C(C)(C)CN1. The highest BCUT2D eigenvalue weighted by atomic mass is 15.3. The van der Waals surface area contributed by atoms with E-state index in [0.29, 0.717) is 17.0 Å². The Morgan fingerprint density at radius 3 is 2.45 bits per heavy atom. The first kappa shape index (κ1) is 14.8. The molecule has 2 heteroatoms. The van der Waals surface area contributed by atoms with Crippen molar-refractivity contribution in [3.8, 4) is 0 Å². The van der Waals surface area contributed by atoms with E-state index in [1.165, 1.54) is 32.4 Å². The highest BCUT2D eigenvalue weighted by Crippen LogP contribution is 2.49. The second kappa shape index (κ2) is 4.98. The van der Waals surface area contributed by atoms with Crippen LogP contribution in [0.2, 0.25) is 0 Å². The van der Waals surface area contributed by atoms with Crippen LogP contribution in [-0.4, -0.2) is 36.1 Å². The molecule has 116 valence electrons. The van der Waals surface area contributed by atoms with E-state index in [1.807, 2.05) is 0 Å². The summed E-state index contributed by atoms with van der Waals surface area (Å²) >= 11 is 0. The van der Waals surface area contributed by atoms with Crippen molar-refractivity contribution in [2.75, 3.05) is 19.6 Å². The van der Waals surface area contributed by atoms with E-state index >= 15 is 0 Å². The first-order chi connectivity index (χ1) is 9.25. The second-order valence-corrected chi connectivity index (χ2v) is 9.45. The van der Waals surface area contributed by atoms with E-state index in [2.05, 4.69) is 44.8 Å². The third kappa shape index (κ3) is 2.78. The van der Waals surface area contributed by atoms with Crippen molar-refractivity contribution in [2.24, 2.45) is 23.2 Å². The highest BCUT2D eigenvalue weighted by molar-refractivity contribution is 4.99. The third-order valence-electron chi connectivity index (χ3n) is 6.42. The minimum atomic E-state index is 0.323. The molecule has 1 aliphatic heterocycles. The predicted molar refractivity (Wildman–Crippen MR) is 85.8 cm³/mol. The summed E-state index contributed by atoms with van der Waals surface area (Å²) in [6, 6.07) is 0.633. The normalized spacial score (nSPS) is 41.2. The zero-order valence-electron chi connectivity index (χ0n) is 14.2. The number of hydrogen-bond acceptors (Lipinski definition) is 2. The van der Waals surface area contributed by atoms with Crippen LogP contribution in [0.3, 0.4) is 0 Å². The summed E-state index contributed by atoms with van der Waals surface area (Å²) in [6.07, 6.45) is 6.10. The molecule has 0 aromatic carbocycles. The number of piperazine rings is 1. The zero-order valence-corrected chi connectivity index (χ0v) is 14.2. The quantitative estimate of drug-likeness (QED) is 0.831. The van der Waals surface area contributed by atoms with Gasteiger partial charge in [-0.2, -0.15) is 0 Å². The van der Waals surface area contributed by atoms with Crippen molar-refractivity contribution < 1.29 is 0 Å². The van der Waals surface area contributed by atoms with Crippen molar-refractivity contribution in [3.05, 3.63) is 0 Å². The highest BCUT2D eigenvalue weighted by Gasteiger charge is 2.44. The Hall–Kier alpha value is -0.0800. The van der Waals surface area contributed by atoms with Gasteiger partial charge in [0.15, 0.2) is 0 Å². The summed E-state index contributed by atoms with van der Waals surface area (Å²) in [7, 11) is 0. The van der Waals surface area contributed by atoms with E-state index in [-0.39, 0.29) is 0 Å². The summed E-state index contributed by atoms with van der Waals surface area (Å²) in [5, 5.41) is 3.80. The predicted octanol–water partition coefficient (Wildman–Crippen LogP) is 3.52. The Balaban J connectivity index is 1.66. The van der Waals surface area contributed by atoms with Gasteiger partial charge in [-0.3, -0.25) is 4.90 Å². The molecule has 2 saturated carbocycles. The molecule has 3 rings (SSSR count). The van der Waals surface area contributed by atoms with Gasteiger partial charge in [0.2, 0.25) is 0 Å². The molecule has 1 N–H and O–H groups in total. The number of fused-ring (bicyclic) bond motifs is 2. The Morgan fingerprint density at radius 1 is 1.15 bits per heavy atom. The van der Waals surface area contributed by atoms with Crippen LogP contribution in [0.4, 0.5) is 0 Å². The van der Waals surface area contributed by atoms with Crippen LogP contribution >= 0.6 is 0 Å². The van der Waals surface area contributed by atoms with E-state index in [9.17, 15) is 0 Å². The van der Waals surface area contributed by atoms with Crippen LogP contribution in [0.5, 0.6) is 0 Å². The van der Waals surface area contributed by atoms with E-state index in [0.717, 1.165) is 24.3 Å². The summed E-state index contributed by atoms with van der Waals surface area (Å²) in [6.45, 7) is 15.7. The van der Waals surface area contributed by atoms with Crippen molar-refractivity contribution in [1.82, 2.24) is 10.2 Å². The molecule has 2 aliphatic carbocycles. The molecule has 3 aliphatic rings. The molecule has 1 heterocycles. The van der Waals surface area contributed by atoms with Crippen LogP contribution in [-0.2, 0) is 0 Å². The lowest BCUT2D eigenvalue weighted by molar-refractivity contribution is 0.0171. The molecule has 1 saturated heterocycles. The van der Waals surface area contributed by atoms with Gasteiger partial charge >= 0.3 is 0 Å². The number of hydrogen-bond donors (Lipinski definition) is 1. The van der Waals surface area contributed by atoms with E-state index < -0.39 is 0 Å². The van der Waals surface area contributed by atoms with Crippen LogP contribution in [0.25, 0.3) is 0 Å². The Labute approximate surface area is 125 Å². The van der Waals surface area contributed by atoms with Crippen LogP contribution in [0.1, 0.15) is 60.3 Å². The summed E-state index contributed by atoms with van der Waals surface area (Å²) in [5.74, 6) is 3.12. The molecule has 2 bridgehead atoms. The largest absolute Gasteiger partial charge is 0.310 e. The first-order valence-electron chi connectivity index (χ1n) is 8.74. The van der Waals surface area contributed by atoms with Gasteiger partial charge in [0.1, 0.15) is 0 Å². The van der Waals surface area contributed by atoms with Crippen molar-refractivity contribution in [1.29, 1.82) is 0 Å². The average Bonchev–Trinajstić information content (AvgIpc) is 2.92. The molecular weight excluding hydrogens is 244 g/mol. The minimum absolute atomic E-state index is 0.323. The van der Waals surface area contributed by atoms with Gasteiger partial charge in [0, 0.05) is 31.2 Å². The summed E-state index contributed by atoms with van der Waals surface area (Å²) in [4.78, 5) is 2.81. The lowest BCUT2D eigenvalue weighted by atomic mass is 9.81. The standard InChI is InChI=1S/C18H34N2/c1-17(2,3)16-11-20(18(4,5)12-19-16)10-15-9-13-6-7-14(15)8-13/h13-16,19H,6-12H2,1-5H3. The van der Waals surface area contributed by atoms with Gasteiger partial charge < -0.3 is 5.32 Å². The fraction of sp³-hybridized carbons (Fsp3) is 1.00. The fourth-order valence-corrected chi connectivity index (χ4v) is 4.80.